The van der Waals surface area contributed by atoms with Gasteiger partial charge in [0.1, 0.15) is 0 Å². The second-order valence-electron chi connectivity index (χ2n) is 5.91. The van der Waals surface area contributed by atoms with Crippen molar-refractivity contribution >= 4 is 33.5 Å². The Balaban J connectivity index is 1.91. The van der Waals surface area contributed by atoms with E-state index in [1.54, 1.807) is 12.1 Å². The van der Waals surface area contributed by atoms with Gasteiger partial charge in [-0.1, -0.05) is 0 Å². The molecule has 0 aromatic carbocycles. The first kappa shape index (κ1) is 13.2. The highest BCUT2D eigenvalue weighted by Gasteiger charge is 2.39. The zero-order valence-corrected chi connectivity index (χ0v) is 12.8. The summed E-state index contributed by atoms with van der Waals surface area (Å²) in [5, 5.41) is 1.20. The van der Waals surface area contributed by atoms with Crippen molar-refractivity contribution in [3.8, 4) is 0 Å². The molecule has 24 heavy (non-hydrogen) atoms. The molecule has 0 bridgehead atoms. The first-order valence-corrected chi connectivity index (χ1v) is 7.42. The lowest BCUT2D eigenvalue weighted by Gasteiger charge is -2.07. The van der Waals surface area contributed by atoms with E-state index < -0.39 is 5.78 Å². The molecular formula is C18H10N2O4. The van der Waals surface area contributed by atoms with Crippen molar-refractivity contribution < 1.29 is 18.4 Å². The SMILES string of the molecule is Cc1cc2c3c(oc2cn1)C(=O)c1oc2cnc(C)cc2c1C3=O. The maximum Gasteiger partial charge on any atom is 0.264 e. The molecule has 0 aliphatic heterocycles. The van der Waals surface area contributed by atoms with Crippen LogP contribution in [0.1, 0.15) is 43.6 Å². The molecule has 0 saturated heterocycles. The Labute approximate surface area is 135 Å². The summed E-state index contributed by atoms with van der Waals surface area (Å²) in [4.78, 5) is 34.2. The van der Waals surface area contributed by atoms with Crippen LogP contribution in [0.2, 0.25) is 0 Å². The fourth-order valence-electron chi connectivity index (χ4n) is 3.21. The normalized spacial score (nSPS) is 13.6. The maximum absolute atomic E-state index is 13.1. The summed E-state index contributed by atoms with van der Waals surface area (Å²) in [6.07, 6.45) is 3.05. The second kappa shape index (κ2) is 4.17. The Kier molecular flexibility index (Phi) is 2.29. The second-order valence-corrected chi connectivity index (χ2v) is 5.91. The molecule has 4 heterocycles. The predicted molar refractivity (Wildman–Crippen MR) is 84.4 cm³/mol. The zero-order chi connectivity index (χ0) is 16.6. The lowest BCUT2D eigenvalue weighted by molar-refractivity contribution is 0.0943. The molecule has 0 fully saturated rings. The van der Waals surface area contributed by atoms with Crippen LogP contribution < -0.4 is 0 Å². The lowest BCUT2D eigenvalue weighted by Crippen LogP contribution is -2.17. The highest BCUT2D eigenvalue weighted by molar-refractivity contribution is 6.33. The number of rotatable bonds is 0. The van der Waals surface area contributed by atoms with Gasteiger partial charge in [-0.15, -0.1) is 0 Å². The Morgan fingerprint density at radius 3 is 1.67 bits per heavy atom. The summed E-state index contributed by atoms with van der Waals surface area (Å²) >= 11 is 0. The molecular weight excluding hydrogens is 308 g/mol. The minimum absolute atomic E-state index is 0.0126. The van der Waals surface area contributed by atoms with Crippen molar-refractivity contribution in [2.45, 2.75) is 13.8 Å². The average Bonchev–Trinajstić information content (AvgIpc) is 3.11. The number of fused-ring (bicyclic) bond motifs is 6. The first-order valence-electron chi connectivity index (χ1n) is 7.42. The lowest BCUT2D eigenvalue weighted by atomic mass is 9.90. The molecule has 6 nitrogen and oxygen atoms in total. The number of nitrogens with zero attached hydrogens (tertiary/aromatic N) is 2. The standard InChI is InChI=1S/C18H10N2O4/c1-7-3-9-11(5-19-7)23-17-13(9)15(21)14-10-4-8(2)20-6-12(10)24-18(14)16(17)22/h3-6H,1-2H3. The molecule has 6 heteroatoms. The number of carbonyl (C=O) groups excluding carboxylic acids is 2. The van der Waals surface area contributed by atoms with Crippen LogP contribution in [0.25, 0.3) is 21.9 Å². The molecule has 1 aliphatic rings. The number of furan rings is 2. The van der Waals surface area contributed by atoms with E-state index in [9.17, 15) is 9.59 Å². The molecule has 0 saturated carbocycles. The van der Waals surface area contributed by atoms with Gasteiger partial charge in [0.25, 0.3) is 5.78 Å². The van der Waals surface area contributed by atoms with Crippen LogP contribution in [0, 0.1) is 13.8 Å². The zero-order valence-electron chi connectivity index (χ0n) is 12.8. The maximum atomic E-state index is 13.1. The third kappa shape index (κ3) is 1.49. The molecule has 1 aliphatic carbocycles. The fourth-order valence-corrected chi connectivity index (χ4v) is 3.21. The van der Waals surface area contributed by atoms with E-state index >= 15 is 0 Å². The number of aromatic nitrogens is 2. The minimum atomic E-state index is -0.428. The van der Waals surface area contributed by atoms with Gasteiger partial charge in [-0.2, -0.15) is 0 Å². The number of aryl methyl sites for hydroxylation is 2. The highest BCUT2D eigenvalue weighted by Crippen LogP contribution is 2.39. The molecule has 4 aromatic heterocycles. The monoisotopic (exact) mass is 318 g/mol. The predicted octanol–water partition coefficient (Wildman–Crippen LogP) is 3.36. The number of ketones is 2. The van der Waals surface area contributed by atoms with Crippen molar-refractivity contribution in [2.24, 2.45) is 0 Å². The highest BCUT2D eigenvalue weighted by atomic mass is 16.4. The summed E-state index contributed by atoms with van der Waals surface area (Å²) < 4.78 is 11.2. The molecule has 116 valence electrons. The third-order valence-electron chi connectivity index (χ3n) is 4.29. The molecule has 0 radical (unpaired) electrons. The van der Waals surface area contributed by atoms with Crippen molar-refractivity contribution in [3.63, 3.8) is 0 Å². The van der Waals surface area contributed by atoms with Gasteiger partial charge in [-0.25, -0.2) is 0 Å². The van der Waals surface area contributed by atoms with E-state index in [2.05, 4.69) is 9.97 Å². The number of hydrogen-bond acceptors (Lipinski definition) is 6. The van der Waals surface area contributed by atoms with Gasteiger partial charge in [-0.05, 0) is 26.0 Å². The molecule has 4 aromatic rings. The van der Waals surface area contributed by atoms with Crippen molar-refractivity contribution in [1.82, 2.24) is 9.97 Å². The van der Waals surface area contributed by atoms with E-state index in [-0.39, 0.29) is 28.4 Å². The van der Waals surface area contributed by atoms with Gasteiger partial charge >= 0.3 is 0 Å². The van der Waals surface area contributed by atoms with Gasteiger partial charge in [0.05, 0.1) is 23.5 Å². The Morgan fingerprint density at radius 1 is 0.750 bits per heavy atom. The molecule has 0 spiro atoms. The van der Waals surface area contributed by atoms with E-state index in [0.29, 0.717) is 21.9 Å². The van der Waals surface area contributed by atoms with Gasteiger partial charge in [0, 0.05) is 22.2 Å². The summed E-state index contributed by atoms with van der Waals surface area (Å²) in [6.45, 7) is 3.64. The molecule has 0 unspecified atom stereocenters. The Morgan fingerprint density at radius 2 is 1.21 bits per heavy atom. The number of hydrogen-bond donors (Lipinski definition) is 0. The Bertz CT molecular complexity index is 1120. The topological polar surface area (TPSA) is 86.2 Å². The van der Waals surface area contributed by atoms with Crippen molar-refractivity contribution in [3.05, 3.63) is 58.6 Å². The summed E-state index contributed by atoms with van der Waals surface area (Å²) in [5.74, 6) is -0.673. The molecule has 0 N–H and O–H groups in total. The molecule has 0 atom stereocenters. The van der Waals surface area contributed by atoms with Gasteiger partial charge < -0.3 is 8.83 Å². The first-order chi connectivity index (χ1) is 11.5. The average molecular weight is 318 g/mol. The number of pyridine rings is 2. The summed E-state index contributed by atoms with van der Waals surface area (Å²) in [6, 6.07) is 3.51. The number of carbonyl (C=O) groups is 2. The van der Waals surface area contributed by atoms with Gasteiger partial charge in [0.15, 0.2) is 22.7 Å². The van der Waals surface area contributed by atoms with Gasteiger partial charge in [0.2, 0.25) is 5.78 Å². The smallest absolute Gasteiger partial charge is 0.264 e. The van der Waals surface area contributed by atoms with E-state index in [1.165, 1.54) is 12.4 Å². The van der Waals surface area contributed by atoms with Crippen LogP contribution in [-0.2, 0) is 0 Å². The van der Waals surface area contributed by atoms with Crippen LogP contribution in [0.4, 0.5) is 0 Å². The Hall–Kier alpha value is -3.28. The summed E-state index contributed by atoms with van der Waals surface area (Å²) in [5.41, 5.74) is 2.89. The summed E-state index contributed by atoms with van der Waals surface area (Å²) in [7, 11) is 0. The minimum Gasteiger partial charge on any atom is -0.450 e. The van der Waals surface area contributed by atoms with Crippen molar-refractivity contribution in [1.29, 1.82) is 0 Å². The van der Waals surface area contributed by atoms with Crippen LogP contribution in [-0.4, -0.2) is 21.5 Å². The van der Waals surface area contributed by atoms with Crippen LogP contribution in [0.15, 0.2) is 33.4 Å². The van der Waals surface area contributed by atoms with E-state index in [1.807, 2.05) is 13.8 Å². The third-order valence-corrected chi connectivity index (χ3v) is 4.29. The quantitative estimate of drug-likeness (QED) is 0.435. The fraction of sp³-hybridized carbons (Fsp3) is 0.111. The van der Waals surface area contributed by atoms with Crippen LogP contribution in [0.5, 0.6) is 0 Å². The largest absolute Gasteiger partial charge is 0.450 e. The van der Waals surface area contributed by atoms with Crippen LogP contribution in [0.3, 0.4) is 0 Å². The van der Waals surface area contributed by atoms with Crippen LogP contribution >= 0.6 is 0 Å². The molecule has 5 rings (SSSR count). The van der Waals surface area contributed by atoms with E-state index in [0.717, 1.165) is 11.4 Å². The molecule has 0 amide bonds. The van der Waals surface area contributed by atoms with E-state index in [4.69, 9.17) is 8.83 Å². The van der Waals surface area contributed by atoms with Gasteiger partial charge in [-0.3, -0.25) is 19.6 Å². The van der Waals surface area contributed by atoms with Crippen molar-refractivity contribution in [2.75, 3.05) is 0 Å².